The molecule has 7 amide bonds. The first-order valence-electron chi connectivity index (χ1n) is 30.6. The van der Waals surface area contributed by atoms with Crippen molar-refractivity contribution in [2.24, 2.45) is 94.7 Å². The summed E-state index contributed by atoms with van der Waals surface area (Å²) in [6.45, 7) is 14.4. The van der Waals surface area contributed by atoms with Gasteiger partial charge in [0.15, 0.2) is 17.4 Å². The van der Waals surface area contributed by atoms with Gasteiger partial charge in [0.05, 0.1) is 30.6 Å². The van der Waals surface area contributed by atoms with Gasteiger partial charge in [0.25, 0.3) is 5.56 Å². The van der Waals surface area contributed by atoms with Gasteiger partial charge in [-0.1, -0.05) is 34.6 Å². The number of aliphatic imine (C=N–C) groups is 3. The molecule has 94 heavy (non-hydrogen) atoms. The van der Waals surface area contributed by atoms with Crippen LogP contribution in [0, 0.1) is 45.3 Å². The Morgan fingerprint density at radius 1 is 0.798 bits per heavy atom. The number of carbonyl (C=O) groups is 7. The first-order chi connectivity index (χ1) is 43.5. The number of anilines is 1. The number of nitrogen functional groups attached to an aromatic ring is 1. The maximum atomic E-state index is 14.3. The molecule has 2 aromatic rings. The number of nitrogens with one attached hydrogen (secondary N) is 3. The lowest BCUT2D eigenvalue weighted by Gasteiger charge is -2.48. The van der Waals surface area contributed by atoms with Crippen molar-refractivity contribution in [2.45, 2.75) is 175 Å². The summed E-state index contributed by atoms with van der Waals surface area (Å²) in [7, 11) is -11.1. The Morgan fingerprint density at radius 2 is 1.40 bits per heavy atom. The number of allylic oxidation sites excluding steroid dienone is 6. The molecule has 0 saturated carbocycles. The van der Waals surface area contributed by atoms with E-state index in [-0.39, 0.29) is 87.7 Å². The molecule has 8 bridgehead atoms. The number of phosphoric acid groups is 2. The predicted octanol–water partition coefficient (Wildman–Crippen LogP) is 0.329. The molecule has 2 aromatic heterocycles. The highest BCUT2D eigenvalue weighted by Gasteiger charge is 2.66. The van der Waals surface area contributed by atoms with E-state index >= 15 is 0 Å². The van der Waals surface area contributed by atoms with E-state index in [2.05, 4.69) is 29.9 Å². The molecule has 2 saturated heterocycles. The minimum atomic E-state index is -5.56. The molecule has 8 rings (SSSR count). The van der Waals surface area contributed by atoms with Crippen LogP contribution in [-0.2, 0) is 60.8 Å². The molecule has 16 atom stereocenters. The quantitative estimate of drug-likeness (QED) is 0.0510. The Balaban J connectivity index is 1.13. The zero-order valence-electron chi connectivity index (χ0n) is 53.7. The number of aromatic nitrogens is 4. The van der Waals surface area contributed by atoms with E-state index in [1.54, 1.807) is 34.6 Å². The normalized spacial score (nSPS) is 33.2. The van der Waals surface area contributed by atoms with E-state index in [0.717, 1.165) is 10.9 Å². The Labute approximate surface area is 540 Å². The molecule has 516 valence electrons. The van der Waals surface area contributed by atoms with Crippen LogP contribution in [0.4, 0.5) is 5.95 Å². The number of hydrogen-bond donors (Lipinski definition) is 14. The molecule has 0 aliphatic carbocycles. The molecule has 36 heteroatoms. The van der Waals surface area contributed by atoms with Crippen LogP contribution in [0.1, 0.15) is 139 Å². The van der Waals surface area contributed by atoms with E-state index in [0.29, 0.717) is 45.4 Å². The molecule has 2 fully saturated rings. The van der Waals surface area contributed by atoms with Crippen molar-refractivity contribution in [2.75, 3.05) is 18.9 Å². The highest BCUT2D eigenvalue weighted by molar-refractivity contribution is 7.61. The van der Waals surface area contributed by atoms with Gasteiger partial charge < -0.3 is 75.5 Å². The Morgan fingerprint density at radius 3 is 2.00 bits per heavy atom. The fraction of sp³-hybridized carbons (Fsp3) is 0.638. The fourth-order valence-corrected chi connectivity index (χ4v) is 17.4. The number of hydrogen-bond acceptors (Lipinski definition) is 23. The van der Waals surface area contributed by atoms with Crippen molar-refractivity contribution in [3.8, 4) is 0 Å². The summed E-state index contributed by atoms with van der Waals surface area (Å²) in [4.78, 5) is 154. The standard InChI is InChI=1S/C58H86N16O18P2/c1-25(91-94(87,88)92-93(85,86)89-23-33-45(82)46(83)52(90-33)74-24-67-44-50(74)71-53(65)72-51(44)84)22-66-41(81)16-17-55(6)31(18-38(62)78)49-58(9)57(8,21-40(64)80)30(12-15-37(61)77)43(73-58)27(3)48-56(7,20-39(63)79)28(10-13-35(59)75)32(68-48)19-34-54(4,5)29(11-14-36(60)76)42(69-34)26(2)47(55)70-49/h19,24-25,28-31,33,45-46,49,52,68,82-83H,10-18,20-23H2,1-9H3,(H2,59,75)(H2,60,76)(H2,61,77)(H2,62,78)(H2,63,79)(H2,64,80)(H,66,81)(H,85,86)(H,87,88)(H3,65,71,72,84)/b32-19-,42-26-,48-27?/t25-,28-,29-,30-,31+,33-,45-,46-,49?,52-,55-,56+,57+,58+/m1/s1. The maximum Gasteiger partial charge on any atom is 0.481 e. The third kappa shape index (κ3) is 14.1. The number of ether oxygens (including phenoxy) is 1. The Bertz CT molecular complexity index is 3820. The van der Waals surface area contributed by atoms with Crippen molar-refractivity contribution < 1.29 is 80.8 Å². The predicted molar refractivity (Wildman–Crippen MR) is 338 cm³/mol. The molecular weight excluding hydrogens is 1270 g/mol. The Kier molecular flexibility index (Phi) is 20.5. The fourth-order valence-electron chi connectivity index (χ4n) is 15.1. The number of aromatic amines is 1. The lowest BCUT2D eigenvalue weighted by atomic mass is 9.55. The van der Waals surface area contributed by atoms with Gasteiger partial charge in [-0.15, -0.1) is 0 Å². The molecule has 0 aromatic carbocycles. The van der Waals surface area contributed by atoms with Gasteiger partial charge in [0.2, 0.25) is 47.3 Å². The Hall–Kier alpha value is -7.39. The molecule has 6 aliphatic heterocycles. The van der Waals surface area contributed by atoms with Crippen LogP contribution in [0.25, 0.3) is 11.2 Å². The summed E-state index contributed by atoms with van der Waals surface area (Å²) in [5.74, 6) is -7.99. The van der Waals surface area contributed by atoms with Crippen molar-refractivity contribution in [1.82, 2.24) is 30.2 Å². The van der Waals surface area contributed by atoms with E-state index in [4.69, 9.17) is 68.9 Å². The van der Waals surface area contributed by atoms with E-state index < -0.39 is 163 Å². The second kappa shape index (κ2) is 26.7. The average molecular weight is 1360 g/mol. The lowest BCUT2D eigenvalue weighted by molar-refractivity contribution is -0.124. The number of H-pyrrole nitrogens is 1. The largest absolute Gasteiger partial charge is 0.481 e. The average Bonchev–Trinajstić information content (AvgIpc) is 1.53. The van der Waals surface area contributed by atoms with Crippen LogP contribution < -0.4 is 56.3 Å². The van der Waals surface area contributed by atoms with Gasteiger partial charge >= 0.3 is 15.6 Å². The van der Waals surface area contributed by atoms with Crippen LogP contribution >= 0.6 is 15.6 Å². The number of carbonyl (C=O) groups excluding carboxylic acids is 7. The smallest absolute Gasteiger partial charge is 0.387 e. The van der Waals surface area contributed by atoms with Crippen LogP contribution in [0.2, 0.25) is 0 Å². The summed E-state index contributed by atoms with van der Waals surface area (Å²) in [6, 6.07) is -1.10. The first-order valence-corrected chi connectivity index (χ1v) is 33.6. The second-order valence-electron chi connectivity index (χ2n) is 26.9. The monoisotopic (exact) mass is 1360 g/mol. The van der Waals surface area contributed by atoms with Crippen LogP contribution in [0.15, 0.2) is 60.4 Å². The SMILES string of the molecule is CC1=C2N/C(=C\C3=NC(=C(/C)C4=NC([C@H](CC(N)=O)[C@@]4(C)CCC(=O)NC[C@@H](C)OP(=O)(O)OP(=O)(O)OC[C@H]4O[C@@H](n5cnc6c(=O)[nH]c(N)nc65)[C@H](O)[C@@H]4O)[C@]4(C)N=C1[C@@H](CCC(N)=O)[C@]4(C)CC(N)=O)/[C@@H](CCC(N)=O)C3(C)C)[C@@H](CCC(N)=O)[C@]2(C)CC(N)=O. The summed E-state index contributed by atoms with van der Waals surface area (Å²) >= 11 is 0. The van der Waals surface area contributed by atoms with E-state index in [9.17, 15) is 67.5 Å². The number of phosphoric ester groups is 2. The molecule has 8 heterocycles. The summed E-state index contributed by atoms with van der Waals surface area (Å²) < 4.78 is 47.7. The van der Waals surface area contributed by atoms with E-state index in [1.807, 2.05) is 26.8 Å². The van der Waals surface area contributed by atoms with Gasteiger partial charge in [-0.3, -0.25) is 71.9 Å². The first kappa shape index (κ1) is 72.4. The second-order valence-corrected chi connectivity index (χ2v) is 29.9. The highest BCUT2D eigenvalue weighted by atomic mass is 31.3. The summed E-state index contributed by atoms with van der Waals surface area (Å²) in [5.41, 5.74) is 38.1. The summed E-state index contributed by atoms with van der Waals surface area (Å²) in [5, 5.41) is 27.8. The van der Waals surface area contributed by atoms with Crippen LogP contribution in [0.5, 0.6) is 0 Å². The lowest BCUT2D eigenvalue weighted by Crippen LogP contribution is -2.56. The van der Waals surface area contributed by atoms with Crippen LogP contribution in [0.3, 0.4) is 0 Å². The number of rotatable bonds is 28. The minimum absolute atomic E-state index is 0.0310. The topological polar surface area (TPSA) is 578 Å². The molecule has 3 unspecified atom stereocenters. The minimum Gasteiger partial charge on any atom is -0.387 e. The molecule has 0 radical (unpaired) electrons. The number of imidazole rings is 1. The van der Waals surface area contributed by atoms with Gasteiger partial charge in [-0.2, -0.15) is 9.29 Å². The summed E-state index contributed by atoms with van der Waals surface area (Å²) in [6.07, 6.45) is -6.50. The van der Waals surface area contributed by atoms with Crippen molar-refractivity contribution in [1.29, 1.82) is 0 Å². The molecule has 0 spiro atoms. The van der Waals surface area contributed by atoms with Crippen molar-refractivity contribution in [3.63, 3.8) is 0 Å². The number of fused-ring (bicyclic) bond motifs is 7. The number of amides is 7. The molecule has 34 nitrogen and oxygen atoms in total. The number of primary amides is 6. The van der Waals surface area contributed by atoms with Gasteiger partial charge in [-0.05, 0) is 70.6 Å². The van der Waals surface area contributed by atoms with Crippen LogP contribution in [-0.4, -0.2) is 147 Å². The van der Waals surface area contributed by atoms with Crippen molar-refractivity contribution in [3.05, 3.63) is 51.0 Å². The number of nitrogens with two attached hydrogens (primary N) is 7. The van der Waals surface area contributed by atoms with Gasteiger partial charge in [-0.25, -0.2) is 14.1 Å². The zero-order valence-corrected chi connectivity index (χ0v) is 55.5. The third-order valence-corrected chi connectivity index (χ3v) is 22.8. The molecule has 21 N–H and O–H groups in total. The van der Waals surface area contributed by atoms with Gasteiger partial charge in [0.1, 0.15) is 18.3 Å². The maximum absolute atomic E-state index is 14.3. The number of nitrogens with zero attached hydrogens (tertiary/aromatic N) is 6. The van der Waals surface area contributed by atoms with E-state index in [1.165, 1.54) is 6.92 Å². The zero-order chi connectivity index (χ0) is 69.9. The number of aliphatic hydroxyl groups is 2. The number of aliphatic hydroxyl groups excluding tert-OH is 2. The molecular formula is C58H86N16O18P2. The highest BCUT2D eigenvalue weighted by Crippen LogP contribution is 2.64. The molecule has 6 aliphatic rings. The van der Waals surface area contributed by atoms with Gasteiger partial charge in [0, 0.05) is 131 Å². The van der Waals surface area contributed by atoms with Crippen molar-refractivity contribution >= 4 is 91.2 Å². The third-order valence-electron chi connectivity index (χ3n) is 20.1.